The molecular formula is C10H13N5. The molecule has 1 atom stereocenters. The van der Waals surface area contributed by atoms with Crippen LogP contribution in [0.2, 0.25) is 0 Å². The zero-order valence-corrected chi connectivity index (χ0v) is 8.67. The SMILES string of the molecule is C[C@H]1CCCN1c1ccnc2ncnn12. The maximum absolute atomic E-state index is 4.20. The fourth-order valence-electron chi connectivity index (χ4n) is 2.22. The van der Waals surface area contributed by atoms with Crippen LogP contribution in [0.4, 0.5) is 5.82 Å². The van der Waals surface area contributed by atoms with Gasteiger partial charge in [-0.05, 0) is 25.8 Å². The van der Waals surface area contributed by atoms with Crippen molar-refractivity contribution in [3.8, 4) is 0 Å². The van der Waals surface area contributed by atoms with Crippen molar-refractivity contribution in [3.05, 3.63) is 18.6 Å². The van der Waals surface area contributed by atoms with Crippen LogP contribution in [0.25, 0.3) is 5.78 Å². The summed E-state index contributed by atoms with van der Waals surface area (Å²) >= 11 is 0. The minimum absolute atomic E-state index is 0.583. The first-order chi connectivity index (χ1) is 7.36. The van der Waals surface area contributed by atoms with Crippen LogP contribution in [0.1, 0.15) is 19.8 Å². The second kappa shape index (κ2) is 3.18. The summed E-state index contributed by atoms with van der Waals surface area (Å²) in [5, 5.41) is 4.20. The Morgan fingerprint density at radius 1 is 1.40 bits per heavy atom. The van der Waals surface area contributed by atoms with Crippen molar-refractivity contribution in [3.63, 3.8) is 0 Å². The van der Waals surface area contributed by atoms with Crippen LogP contribution in [-0.4, -0.2) is 32.2 Å². The van der Waals surface area contributed by atoms with Crippen molar-refractivity contribution < 1.29 is 0 Å². The van der Waals surface area contributed by atoms with Crippen LogP contribution in [0, 0.1) is 0 Å². The minimum Gasteiger partial charge on any atom is -0.354 e. The van der Waals surface area contributed by atoms with Crippen LogP contribution >= 0.6 is 0 Å². The highest BCUT2D eigenvalue weighted by Gasteiger charge is 2.22. The number of anilines is 1. The van der Waals surface area contributed by atoms with Gasteiger partial charge in [-0.3, -0.25) is 0 Å². The van der Waals surface area contributed by atoms with Crippen molar-refractivity contribution in [1.82, 2.24) is 19.6 Å². The summed E-state index contributed by atoms with van der Waals surface area (Å²) in [5.74, 6) is 1.77. The largest absolute Gasteiger partial charge is 0.354 e. The highest BCUT2D eigenvalue weighted by Crippen LogP contribution is 2.24. The summed E-state index contributed by atoms with van der Waals surface area (Å²) in [4.78, 5) is 10.6. The van der Waals surface area contributed by atoms with E-state index in [0.29, 0.717) is 11.8 Å². The molecule has 15 heavy (non-hydrogen) atoms. The minimum atomic E-state index is 0.583. The molecule has 0 saturated carbocycles. The third kappa shape index (κ3) is 1.26. The second-order valence-corrected chi connectivity index (χ2v) is 3.96. The van der Waals surface area contributed by atoms with Gasteiger partial charge in [0.1, 0.15) is 12.1 Å². The fourth-order valence-corrected chi connectivity index (χ4v) is 2.22. The maximum Gasteiger partial charge on any atom is 0.254 e. The lowest BCUT2D eigenvalue weighted by Crippen LogP contribution is -2.28. The van der Waals surface area contributed by atoms with Crippen LogP contribution in [0.5, 0.6) is 0 Å². The first-order valence-electron chi connectivity index (χ1n) is 5.27. The van der Waals surface area contributed by atoms with Gasteiger partial charge in [-0.15, -0.1) is 0 Å². The molecule has 3 heterocycles. The molecule has 1 fully saturated rings. The predicted molar refractivity (Wildman–Crippen MR) is 56.8 cm³/mol. The van der Waals surface area contributed by atoms with Crippen LogP contribution in [-0.2, 0) is 0 Å². The van der Waals surface area contributed by atoms with E-state index in [0.717, 1.165) is 12.4 Å². The van der Waals surface area contributed by atoms with E-state index in [4.69, 9.17) is 0 Å². The van der Waals surface area contributed by atoms with E-state index >= 15 is 0 Å². The van der Waals surface area contributed by atoms with Crippen molar-refractivity contribution in [1.29, 1.82) is 0 Å². The molecule has 5 nitrogen and oxygen atoms in total. The summed E-state index contributed by atoms with van der Waals surface area (Å²) in [6, 6.07) is 2.59. The number of aromatic nitrogens is 4. The second-order valence-electron chi connectivity index (χ2n) is 3.96. The Bertz CT molecular complexity index is 477. The molecule has 0 spiro atoms. The first-order valence-corrected chi connectivity index (χ1v) is 5.27. The average Bonchev–Trinajstić information content (AvgIpc) is 2.85. The van der Waals surface area contributed by atoms with E-state index in [1.54, 1.807) is 12.5 Å². The molecule has 0 unspecified atom stereocenters. The van der Waals surface area contributed by atoms with E-state index in [9.17, 15) is 0 Å². The van der Waals surface area contributed by atoms with E-state index < -0.39 is 0 Å². The van der Waals surface area contributed by atoms with Gasteiger partial charge in [0.05, 0.1) is 0 Å². The molecule has 0 radical (unpaired) electrons. The van der Waals surface area contributed by atoms with Gasteiger partial charge in [-0.25, -0.2) is 4.98 Å². The fraction of sp³-hybridized carbons (Fsp3) is 0.500. The third-order valence-corrected chi connectivity index (χ3v) is 3.01. The van der Waals surface area contributed by atoms with Crippen molar-refractivity contribution in [2.75, 3.05) is 11.4 Å². The third-order valence-electron chi connectivity index (χ3n) is 3.01. The van der Waals surface area contributed by atoms with Gasteiger partial charge in [-0.1, -0.05) is 0 Å². The first kappa shape index (κ1) is 8.64. The molecule has 0 aliphatic carbocycles. The van der Waals surface area contributed by atoms with Crippen LogP contribution < -0.4 is 4.90 Å². The molecule has 3 rings (SSSR count). The normalized spacial score (nSPS) is 21.4. The van der Waals surface area contributed by atoms with Gasteiger partial charge in [0.25, 0.3) is 5.78 Å². The summed E-state index contributed by atoms with van der Waals surface area (Å²) in [6.45, 7) is 3.34. The van der Waals surface area contributed by atoms with Gasteiger partial charge < -0.3 is 4.90 Å². The van der Waals surface area contributed by atoms with E-state index in [1.165, 1.54) is 12.8 Å². The van der Waals surface area contributed by atoms with Gasteiger partial charge in [-0.2, -0.15) is 14.6 Å². The summed E-state index contributed by atoms with van der Waals surface area (Å²) in [6.07, 6.45) is 5.84. The van der Waals surface area contributed by atoms with Crippen LogP contribution in [0.3, 0.4) is 0 Å². The Morgan fingerprint density at radius 3 is 3.13 bits per heavy atom. The molecule has 2 aromatic rings. The number of hydrogen-bond donors (Lipinski definition) is 0. The highest BCUT2D eigenvalue weighted by atomic mass is 15.4. The van der Waals surface area contributed by atoms with Gasteiger partial charge in [0.15, 0.2) is 0 Å². The molecule has 0 bridgehead atoms. The molecule has 2 aromatic heterocycles. The Hall–Kier alpha value is -1.65. The molecule has 0 aromatic carbocycles. The van der Waals surface area contributed by atoms with E-state index in [1.807, 2.05) is 10.6 Å². The Kier molecular flexibility index (Phi) is 1.83. The van der Waals surface area contributed by atoms with E-state index in [-0.39, 0.29) is 0 Å². The number of nitrogens with zero attached hydrogens (tertiary/aromatic N) is 5. The zero-order valence-electron chi connectivity index (χ0n) is 8.67. The molecule has 1 saturated heterocycles. The van der Waals surface area contributed by atoms with Crippen molar-refractivity contribution >= 4 is 11.6 Å². The number of hydrogen-bond acceptors (Lipinski definition) is 4. The molecular weight excluding hydrogens is 190 g/mol. The molecule has 1 aliphatic heterocycles. The summed E-state index contributed by atoms with van der Waals surface area (Å²) in [5.41, 5.74) is 0. The van der Waals surface area contributed by atoms with Crippen LogP contribution in [0.15, 0.2) is 18.6 Å². The van der Waals surface area contributed by atoms with E-state index in [2.05, 4.69) is 26.9 Å². The van der Waals surface area contributed by atoms with Gasteiger partial charge in [0.2, 0.25) is 0 Å². The maximum atomic E-state index is 4.20. The molecule has 5 heteroatoms. The summed E-state index contributed by atoms with van der Waals surface area (Å²) < 4.78 is 1.81. The topological polar surface area (TPSA) is 46.3 Å². The number of rotatable bonds is 1. The molecule has 0 amide bonds. The molecule has 78 valence electrons. The standard InChI is InChI=1S/C10H13N5/c1-8-3-2-6-14(8)9-4-5-11-10-12-7-13-15(9)10/h4-5,7-8H,2-3,6H2,1H3/t8-/m0/s1. The highest BCUT2D eigenvalue weighted by molar-refractivity contribution is 5.46. The average molecular weight is 203 g/mol. The molecule has 1 aliphatic rings. The lowest BCUT2D eigenvalue weighted by atomic mass is 10.2. The lowest BCUT2D eigenvalue weighted by molar-refractivity contribution is 0.712. The Morgan fingerprint density at radius 2 is 2.33 bits per heavy atom. The van der Waals surface area contributed by atoms with Crippen molar-refractivity contribution in [2.45, 2.75) is 25.8 Å². The van der Waals surface area contributed by atoms with Gasteiger partial charge in [0, 0.05) is 18.8 Å². The van der Waals surface area contributed by atoms with Crippen molar-refractivity contribution in [2.24, 2.45) is 0 Å². The van der Waals surface area contributed by atoms with Gasteiger partial charge >= 0.3 is 0 Å². The monoisotopic (exact) mass is 203 g/mol. The summed E-state index contributed by atoms with van der Waals surface area (Å²) in [7, 11) is 0. The quantitative estimate of drug-likeness (QED) is 0.696. The predicted octanol–water partition coefficient (Wildman–Crippen LogP) is 1.11. The zero-order chi connectivity index (χ0) is 10.3. The lowest BCUT2D eigenvalue weighted by Gasteiger charge is -2.23. The Balaban J connectivity index is 2.13. The molecule has 0 N–H and O–H groups in total. The smallest absolute Gasteiger partial charge is 0.254 e. The Labute approximate surface area is 87.8 Å². The number of fused-ring (bicyclic) bond motifs is 1.